The highest BCUT2D eigenvalue weighted by atomic mass is 35.5. The lowest BCUT2D eigenvalue weighted by Gasteiger charge is -2.21. The molecule has 7 heteroatoms. The van der Waals surface area contributed by atoms with E-state index in [2.05, 4.69) is 10.3 Å². The van der Waals surface area contributed by atoms with Gasteiger partial charge in [-0.3, -0.25) is 4.79 Å². The van der Waals surface area contributed by atoms with Crippen LogP contribution in [0.25, 0.3) is 0 Å². The van der Waals surface area contributed by atoms with Gasteiger partial charge in [0.2, 0.25) is 5.91 Å². The lowest BCUT2D eigenvalue weighted by molar-refractivity contribution is -0.125. The molecule has 0 aliphatic heterocycles. The van der Waals surface area contributed by atoms with Gasteiger partial charge in [0, 0.05) is 12.7 Å². The third kappa shape index (κ3) is 3.33. The predicted molar refractivity (Wildman–Crippen MR) is 67.7 cm³/mol. The Hall–Kier alpha value is -1.82. The van der Waals surface area contributed by atoms with Crippen LogP contribution < -0.4 is 11.1 Å². The van der Waals surface area contributed by atoms with E-state index in [0.717, 1.165) is 0 Å². The van der Waals surface area contributed by atoms with Crippen LogP contribution >= 0.6 is 11.6 Å². The molecule has 0 aliphatic carbocycles. The second-order valence-corrected chi connectivity index (χ2v) is 4.86. The van der Waals surface area contributed by atoms with Gasteiger partial charge in [0.15, 0.2) is 0 Å². The molecule has 6 nitrogen and oxygen atoms in total. The molecule has 0 unspecified atom stereocenters. The fourth-order valence-corrected chi connectivity index (χ4v) is 1.28. The normalized spacial score (nSPS) is 11.1. The molecule has 0 spiro atoms. The number of aromatic nitrogens is 1. The van der Waals surface area contributed by atoms with Crippen molar-refractivity contribution in [2.45, 2.75) is 13.8 Å². The summed E-state index contributed by atoms with van der Waals surface area (Å²) in [5.74, 6) is -1.27. The van der Waals surface area contributed by atoms with E-state index in [1.54, 1.807) is 13.8 Å². The average molecular weight is 272 g/mol. The Bertz CT molecular complexity index is 488. The third-order valence-corrected chi connectivity index (χ3v) is 2.77. The summed E-state index contributed by atoms with van der Waals surface area (Å²) in [6, 6.07) is 1.31. The first-order chi connectivity index (χ1) is 8.24. The van der Waals surface area contributed by atoms with Crippen molar-refractivity contribution in [3.8, 4) is 0 Å². The number of hydrogen-bond acceptors (Lipinski definition) is 4. The van der Waals surface area contributed by atoms with Crippen molar-refractivity contribution >= 4 is 29.3 Å². The Labute approximate surface area is 109 Å². The summed E-state index contributed by atoms with van der Waals surface area (Å²) >= 11 is 5.69. The van der Waals surface area contributed by atoms with Crippen molar-refractivity contribution in [2.24, 2.45) is 11.1 Å². The molecule has 1 aromatic heterocycles. The second kappa shape index (κ2) is 5.22. The van der Waals surface area contributed by atoms with Crippen molar-refractivity contribution in [2.75, 3.05) is 11.9 Å². The van der Waals surface area contributed by atoms with Crippen molar-refractivity contribution in [3.05, 3.63) is 22.8 Å². The zero-order chi connectivity index (χ0) is 13.9. The molecule has 0 aliphatic rings. The number of nitrogens with zero attached hydrogens (tertiary/aromatic N) is 1. The maximum atomic E-state index is 11.1. The van der Waals surface area contributed by atoms with Crippen LogP contribution in [0.15, 0.2) is 12.3 Å². The molecule has 1 amide bonds. The number of amides is 1. The fourth-order valence-electron chi connectivity index (χ4n) is 1.10. The van der Waals surface area contributed by atoms with Gasteiger partial charge >= 0.3 is 5.97 Å². The van der Waals surface area contributed by atoms with E-state index in [1.807, 2.05) is 0 Å². The molecular weight excluding hydrogens is 258 g/mol. The number of pyridine rings is 1. The lowest BCUT2D eigenvalue weighted by atomic mass is 9.93. The van der Waals surface area contributed by atoms with Crippen LogP contribution in [0.3, 0.4) is 0 Å². The fraction of sp³-hybridized carbons (Fsp3) is 0.364. The molecule has 1 aromatic rings. The van der Waals surface area contributed by atoms with E-state index < -0.39 is 17.3 Å². The number of carbonyl (C=O) groups excluding carboxylic acids is 1. The number of rotatable bonds is 5. The van der Waals surface area contributed by atoms with Crippen molar-refractivity contribution in [1.82, 2.24) is 4.98 Å². The maximum absolute atomic E-state index is 11.1. The van der Waals surface area contributed by atoms with Gasteiger partial charge < -0.3 is 16.2 Å². The number of nitrogens with one attached hydrogen (secondary N) is 1. The minimum atomic E-state index is -1.14. The molecule has 4 N–H and O–H groups in total. The Morgan fingerprint density at radius 1 is 1.56 bits per heavy atom. The number of primary amides is 1. The number of carboxylic acid groups (broad SMARTS) is 1. The monoisotopic (exact) mass is 271 g/mol. The molecule has 0 atom stereocenters. The summed E-state index contributed by atoms with van der Waals surface area (Å²) in [6.45, 7) is 3.60. The predicted octanol–water partition coefficient (Wildman–Crippen LogP) is 1.36. The summed E-state index contributed by atoms with van der Waals surface area (Å²) in [5, 5.41) is 11.8. The highest BCUT2D eigenvalue weighted by Crippen LogP contribution is 2.20. The summed E-state index contributed by atoms with van der Waals surface area (Å²) < 4.78 is 0. The van der Waals surface area contributed by atoms with Gasteiger partial charge in [0.05, 0.1) is 16.0 Å². The first-order valence-electron chi connectivity index (χ1n) is 5.16. The van der Waals surface area contributed by atoms with Gasteiger partial charge in [-0.2, -0.15) is 0 Å². The Morgan fingerprint density at radius 2 is 2.17 bits per heavy atom. The first kappa shape index (κ1) is 14.2. The summed E-state index contributed by atoms with van der Waals surface area (Å²) in [6.07, 6.45) is 1.24. The van der Waals surface area contributed by atoms with Crippen LogP contribution in [0.5, 0.6) is 0 Å². The van der Waals surface area contributed by atoms with E-state index in [9.17, 15) is 9.59 Å². The molecule has 0 aromatic carbocycles. The smallest absolute Gasteiger partial charge is 0.337 e. The molecular formula is C11H14ClN3O3. The number of nitrogens with two attached hydrogens (primary N) is 1. The van der Waals surface area contributed by atoms with Gasteiger partial charge in [-0.15, -0.1) is 0 Å². The van der Waals surface area contributed by atoms with E-state index in [0.29, 0.717) is 5.82 Å². The van der Waals surface area contributed by atoms with Crippen LogP contribution in [0.1, 0.15) is 24.2 Å². The minimum Gasteiger partial charge on any atom is -0.478 e. The molecule has 18 heavy (non-hydrogen) atoms. The van der Waals surface area contributed by atoms with E-state index in [4.69, 9.17) is 22.4 Å². The number of aromatic carboxylic acids is 1. The van der Waals surface area contributed by atoms with Crippen molar-refractivity contribution in [1.29, 1.82) is 0 Å². The van der Waals surface area contributed by atoms with Gasteiger partial charge in [-0.05, 0) is 19.9 Å². The average Bonchev–Trinajstić information content (AvgIpc) is 2.27. The van der Waals surface area contributed by atoms with Gasteiger partial charge in [0.1, 0.15) is 5.82 Å². The van der Waals surface area contributed by atoms with Crippen LogP contribution in [0, 0.1) is 5.41 Å². The highest BCUT2D eigenvalue weighted by molar-refractivity contribution is 6.33. The molecule has 0 saturated carbocycles. The summed E-state index contributed by atoms with van der Waals surface area (Å²) in [7, 11) is 0. The quantitative estimate of drug-likeness (QED) is 0.750. The molecule has 1 heterocycles. The second-order valence-electron chi connectivity index (χ2n) is 4.46. The molecule has 98 valence electrons. The van der Waals surface area contributed by atoms with Gasteiger partial charge in [-0.25, -0.2) is 9.78 Å². The van der Waals surface area contributed by atoms with E-state index in [-0.39, 0.29) is 17.1 Å². The SMILES string of the molecule is CC(C)(CNc1cc(C(=O)O)c(Cl)cn1)C(N)=O. The molecule has 0 fully saturated rings. The molecule has 1 rings (SSSR count). The Balaban J connectivity index is 2.84. The molecule has 0 saturated heterocycles. The lowest BCUT2D eigenvalue weighted by Crippen LogP contribution is -2.37. The summed E-state index contributed by atoms with van der Waals surface area (Å²) in [4.78, 5) is 25.9. The number of hydrogen-bond donors (Lipinski definition) is 3. The minimum absolute atomic E-state index is 0.0500. The van der Waals surface area contributed by atoms with Crippen molar-refractivity contribution in [3.63, 3.8) is 0 Å². The van der Waals surface area contributed by atoms with Crippen LogP contribution in [-0.2, 0) is 4.79 Å². The van der Waals surface area contributed by atoms with Crippen LogP contribution in [0.2, 0.25) is 5.02 Å². The number of carbonyl (C=O) groups is 2. The third-order valence-electron chi connectivity index (χ3n) is 2.46. The number of anilines is 1. The number of carboxylic acids is 1. The van der Waals surface area contributed by atoms with Crippen molar-refractivity contribution < 1.29 is 14.7 Å². The molecule has 0 bridgehead atoms. The Morgan fingerprint density at radius 3 is 2.67 bits per heavy atom. The zero-order valence-corrected chi connectivity index (χ0v) is 10.8. The summed E-state index contributed by atoms with van der Waals surface area (Å²) in [5.41, 5.74) is 4.41. The van der Waals surface area contributed by atoms with Crippen LogP contribution in [0.4, 0.5) is 5.82 Å². The van der Waals surface area contributed by atoms with Gasteiger partial charge in [0.25, 0.3) is 0 Å². The number of halogens is 1. The first-order valence-corrected chi connectivity index (χ1v) is 5.54. The van der Waals surface area contributed by atoms with Crippen LogP contribution in [-0.4, -0.2) is 28.5 Å². The Kier molecular flexibility index (Phi) is 4.13. The largest absolute Gasteiger partial charge is 0.478 e. The van der Waals surface area contributed by atoms with E-state index >= 15 is 0 Å². The zero-order valence-electron chi connectivity index (χ0n) is 10.0. The molecule has 0 radical (unpaired) electrons. The highest BCUT2D eigenvalue weighted by Gasteiger charge is 2.24. The standard InChI is InChI=1S/C11H14ClN3O3/c1-11(2,10(13)18)5-15-8-3-6(9(16)17)7(12)4-14-8/h3-4H,5H2,1-2H3,(H2,13,18)(H,14,15)(H,16,17). The van der Waals surface area contributed by atoms with Gasteiger partial charge in [-0.1, -0.05) is 11.6 Å². The maximum Gasteiger partial charge on any atom is 0.337 e. The van der Waals surface area contributed by atoms with E-state index in [1.165, 1.54) is 12.3 Å². The topological polar surface area (TPSA) is 105 Å².